The highest BCUT2D eigenvalue weighted by Crippen LogP contribution is 2.45. The predicted octanol–water partition coefficient (Wildman–Crippen LogP) is 1.46. The Bertz CT molecular complexity index is 175. The van der Waals surface area contributed by atoms with Crippen LogP contribution in [0.3, 0.4) is 0 Å². The zero-order valence-corrected chi connectivity index (χ0v) is 8.76. The molecule has 2 nitrogen and oxygen atoms in total. The van der Waals surface area contributed by atoms with E-state index in [1.807, 2.05) is 0 Å². The lowest BCUT2D eigenvalue weighted by Crippen LogP contribution is -2.40. The Kier molecular flexibility index (Phi) is 2.61. The molecule has 0 aromatic heterocycles. The van der Waals surface area contributed by atoms with Crippen LogP contribution in [0.4, 0.5) is 0 Å². The van der Waals surface area contributed by atoms with Gasteiger partial charge in [-0.25, -0.2) is 0 Å². The minimum atomic E-state index is 0.539. The van der Waals surface area contributed by atoms with E-state index in [1.165, 1.54) is 45.3 Å². The standard InChI is InChI=1S/C11H22N2/c1-10-3-2-6-13(7-10)9-11(8-12)4-5-11/h10H,2-9,12H2,1H3. The van der Waals surface area contributed by atoms with E-state index in [4.69, 9.17) is 5.73 Å². The van der Waals surface area contributed by atoms with E-state index in [1.54, 1.807) is 0 Å². The number of hydrogen-bond donors (Lipinski definition) is 1. The summed E-state index contributed by atoms with van der Waals surface area (Å²) < 4.78 is 0. The number of rotatable bonds is 3. The zero-order chi connectivity index (χ0) is 9.31. The molecular weight excluding hydrogens is 160 g/mol. The maximum Gasteiger partial charge on any atom is 0.00502 e. The summed E-state index contributed by atoms with van der Waals surface area (Å²) in [4.78, 5) is 2.63. The lowest BCUT2D eigenvalue weighted by atomic mass is 9.98. The smallest absolute Gasteiger partial charge is 0.00502 e. The molecule has 1 aliphatic heterocycles. The molecule has 0 bridgehead atoms. The van der Waals surface area contributed by atoms with Crippen LogP contribution in [-0.2, 0) is 0 Å². The highest BCUT2D eigenvalue weighted by molar-refractivity contribution is 4.96. The molecule has 13 heavy (non-hydrogen) atoms. The highest BCUT2D eigenvalue weighted by Gasteiger charge is 2.42. The maximum absolute atomic E-state index is 5.79. The minimum Gasteiger partial charge on any atom is -0.330 e. The van der Waals surface area contributed by atoms with Gasteiger partial charge in [-0.3, -0.25) is 0 Å². The van der Waals surface area contributed by atoms with E-state index >= 15 is 0 Å². The van der Waals surface area contributed by atoms with Crippen LogP contribution in [0, 0.1) is 11.3 Å². The topological polar surface area (TPSA) is 29.3 Å². The van der Waals surface area contributed by atoms with E-state index in [9.17, 15) is 0 Å². The third-order valence-electron chi connectivity index (χ3n) is 3.69. The first-order chi connectivity index (χ1) is 6.24. The Hall–Kier alpha value is -0.0800. The van der Waals surface area contributed by atoms with Gasteiger partial charge in [-0.1, -0.05) is 6.92 Å². The van der Waals surface area contributed by atoms with Gasteiger partial charge in [0.25, 0.3) is 0 Å². The van der Waals surface area contributed by atoms with Crippen molar-refractivity contribution in [2.24, 2.45) is 17.1 Å². The van der Waals surface area contributed by atoms with Crippen molar-refractivity contribution < 1.29 is 0 Å². The molecular formula is C11H22N2. The molecule has 1 heterocycles. The van der Waals surface area contributed by atoms with E-state index in [0.717, 1.165) is 12.5 Å². The van der Waals surface area contributed by atoms with Gasteiger partial charge >= 0.3 is 0 Å². The van der Waals surface area contributed by atoms with Gasteiger partial charge in [0.2, 0.25) is 0 Å². The monoisotopic (exact) mass is 182 g/mol. The third-order valence-corrected chi connectivity index (χ3v) is 3.69. The first kappa shape index (κ1) is 9.47. The van der Waals surface area contributed by atoms with Gasteiger partial charge in [-0.15, -0.1) is 0 Å². The Balaban J connectivity index is 1.80. The Morgan fingerprint density at radius 1 is 1.46 bits per heavy atom. The molecule has 76 valence electrons. The van der Waals surface area contributed by atoms with Crippen molar-refractivity contribution >= 4 is 0 Å². The van der Waals surface area contributed by atoms with Gasteiger partial charge in [0.15, 0.2) is 0 Å². The summed E-state index contributed by atoms with van der Waals surface area (Å²) >= 11 is 0. The van der Waals surface area contributed by atoms with E-state index in [2.05, 4.69) is 11.8 Å². The number of likely N-dealkylation sites (tertiary alicyclic amines) is 1. The van der Waals surface area contributed by atoms with Crippen molar-refractivity contribution in [3.05, 3.63) is 0 Å². The van der Waals surface area contributed by atoms with Crippen molar-refractivity contribution in [3.63, 3.8) is 0 Å². The second-order valence-corrected chi connectivity index (χ2v) is 5.19. The molecule has 0 amide bonds. The molecule has 2 heteroatoms. The molecule has 1 aliphatic carbocycles. The summed E-state index contributed by atoms with van der Waals surface area (Å²) in [6, 6.07) is 0. The summed E-state index contributed by atoms with van der Waals surface area (Å²) in [5.41, 5.74) is 6.33. The third kappa shape index (κ3) is 2.23. The lowest BCUT2D eigenvalue weighted by Gasteiger charge is -2.33. The molecule has 2 aliphatic rings. The van der Waals surface area contributed by atoms with Crippen molar-refractivity contribution in [2.45, 2.75) is 32.6 Å². The van der Waals surface area contributed by atoms with Gasteiger partial charge in [-0.2, -0.15) is 0 Å². The fraction of sp³-hybridized carbons (Fsp3) is 1.00. The molecule has 1 saturated heterocycles. The van der Waals surface area contributed by atoms with Gasteiger partial charge in [0, 0.05) is 13.1 Å². The Morgan fingerprint density at radius 2 is 2.23 bits per heavy atom. The van der Waals surface area contributed by atoms with Crippen LogP contribution < -0.4 is 5.73 Å². The summed E-state index contributed by atoms with van der Waals surface area (Å²) in [5, 5.41) is 0. The van der Waals surface area contributed by atoms with Crippen LogP contribution in [-0.4, -0.2) is 31.1 Å². The van der Waals surface area contributed by atoms with Crippen molar-refractivity contribution in [3.8, 4) is 0 Å². The predicted molar refractivity (Wildman–Crippen MR) is 55.6 cm³/mol. The fourth-order valence-corrected chi connectivity index (χ4v) is 2.51. The summed E-state index contributed by atoms with van der Waals surface area (Å²) in [6.07, 6.45) is 5.55. The Morgan fingerprint density at radius 3 is 2.77 bits per heavy atom. The highest BCUT2D eigenvalue weighted by atomic mass is 15.1. The molecule has 2 rings (SSSR count). The van der Waals surface area contributed by atoms with Crippen molar-refractivity contribution in [1.29, 1.82) is 0 Å². The van der Waals surface area contributed by atoms with Gasteiger partial charge in [-0.05, 0) is 50.1 Å². The quantitative estimate of drug-likeness (QED) is 0.716. The number of nitrogens with two attached hydrogens (primary N) is 1. The number of piperidine rings is 1. The summed E-state index contributed by atoms with van der Waals surface area (Å²) in [7, 11) is 0. The molecule has 0 aromatic carbocycles. The van der Waals surface area contributed by atoms with E-state index in [0.29, 0.717) is 5.41 Å². The summed E-state index contributed by atoms with van der Waals surface area (Å²) in [6.45, 7) is 7.16. The van der Waals surface area contributed by atoms with Crippen LogP contribution in [0.25, 0.3) is 0 Å². The molecule has 0 spiro atoms. The maximum atomic E-state index is 5.79. The van der Waals surface area contributed by atoms with E-state index < -0.39 is 0 Å². The second kappa shape index (κ2) is 3.58. The molecule has 0 aromatic rings. The fourth-order valence-electron chi connectivity index (χ4n) is 2.51. The molecule has 2 fully saturated rings. The zero-order valence-electron chi connectivity index (χ0n) is 8.76. The van der Waals surface area contributed by atoms with Crippen LogP contribution >= 0.6 is 0 Å². The van der Waals surface area contributed by atoms with E-state index in [-0.39, 0.29) is 0 Å². The first-order valence-corrected chi connectivity index (χ1v) is 5.66. The normalized spacial score (nSPS) is 33.2. The average Bonchev–Trinajstić information content (AvgIpc) is 2.86. The van der Waals surface area contributed by atoms with Gasteiger partial charge < -0.3 is 10.6 Å². The van der Waals surface area contributed by atoms with Crippen LogP contribution in [0.15, 0.2) is 0 Å². The molecule has 1 saturated carbocycles. The van der Waals surface area contributed by atoms with Gasteiger partial charge in [0.05, 0.1) is 0 Å². The lowest BCUT2D eigenvalue weighted by molar-refractivity contribution is 0.153. The molecule has 1 unspecified atom stereocenters. The average molecular weight is 182 g/mol. The SMILES string of the molecule is CC1CCCN(CC2(CN)CC2)C1. The number of nitrogens with zero attached hydrogens (tertiary/aromatic N) is 1. The minimum absolute atomic E-state index is 0.539. The largest absolute Gasteiger partial charge is 0.330 e. The first-order valence-electron chi connectivity index (χ1n) is 5.66. The Labute approximate surface area is 81.5 Å². The van der Waals surface area contributed by atoms with Crippen LogP contribution in [0.1, 0.15) is 32.6 Å². The molecule has 2 N–H and O–H groups in total. The number of hydrogen-bond acceptors (Lipinski definition) is 2. The van der Waals surface area contributed by atoms with Crippen LogP contribution in [0.5, 0.6) is 0 Å². The second-order valence-electron chi connectivity index (χ2n) is 5.19. The molecule has 0 radical (unpaired) electrons. The van der Waals surface area contributed by atoms with Crippen molar-refractivity contribution in [1.82, 2.24) is 4.90 Å². The summed E-state index contributed by atoms with van der Waals surface area (Å²) in [5.74, 6) is 0.905. The van der Waals surface area contributed by atoms with Gasteiger partial charge in [0.1, 0.15) is 0 Å². The van der Waals surface area contributed by atoms with Crippen LogP contribution in [0.2, 0.25) is 0 Å². The van der Waals surface area contributed by atoms with Crippen molar-refractivity contribution in [2.75, 3.05) is 26.2 Å². The molecule has 1 atom stereocenters.